The molecule has 162 valence electrons. The van der Waals surface area contributed by atoms with Gasteiger partial charge in [-0.05, 0) is 67.1 Å². The number of barbiturate groups is 1. The fourth-order valence-electron chi connectivity index (χ4n) is 3.36. The number of rotatable bonds is 6. The van der Waals surface area contributed by atoms with Gasteiger partial charge in [-0.15, -0.1) is 0 Å². The molecule has 2 aromatic carbocycles. The van der Waals surface area contributed by atoms with Crippen LogP contribution in [-0.2, 0) is 16.1 Å². The molecule has 1 aliphatic rings. The highest BCUT2D eigenvalue weighted by atomic mass is 19.1. The Morgan fingerprint density at radius 3 is 2.56 bits per heavy atom. The van der Waals surface area contributed by atoms with Gasteiger partial charge in [-0.1, -0.05) is 12.1 Å². The van der Waals surface area contributed by atoms with Gasteiger partial charge in [-0.3, -0.25) is 14.9 Å². The van der Waals surface area contributed by atoms with E-state index in [1.54, 1.807) is 18.3 Å². The summed E-state index contributed by atoms with van der Waals surface area (Å²) >= 11 is 0. The number of halogens is 1. The van der Waals surface area contributed by atoms with Gasteiger partial charge in [0.25, 0.3) is 11.8 Å². The fraction of sp³-hybridized carbons (Fsp3) is 0.125. The largest absolute Gasteiger partial charge is 0.492 e. The van der Waals surface area contributed by atoms with Crippen LogP contribution < -0.4 is 15.0 Å². The van der Waals surface area contributed by atoms with E-state index in [2.05, 4.69) is 5.32 Å². The van der Waals surface area contributed by atoms with Gasteiger partial charge in [-0.2, -0.15) is 0 Å². The number of hydrogen-bond acceptors (Lipinski definition) is 4. The lowest BCUT2D eigenvalue weighted by atomic mass is 10.1. The number of carbonyl (C=O) groups excluding carboxylic acids is 3. The normalized spacial score (nSPS) is 15.2. The predicted molar refractivity (Wildman–Crippen MR) is 117 cm³/mol. The molecular formula is C24H20FN3O4. The van der Waals surface area contributed by atoms with Crippen molar-refractivity contribution in [3.8, 4) is 5.75 Å². The first-order chi connectivity index (χ1) is 15.4. The highest BCUT2D eigenvalue weighted by Gasteiger charge is 2.36. The Hall–Kier alpha value is -4.20. The maximum atomic E-state index is 13.2. The molecule has 0 radical (unpaired) electrons. The summed E-state index contributed by atoms with van der Waals surface area (Å²) in [6.07, 6.45) is 3.23. The number of aromatic nitrogens is 1. The first-order valence-electron chi connectivity index (χ1n) is 9.94. The highest BCUT2D eigenvalue weighted by molar-refractivity contribution is 6.39. The number of hydrogen-bond donors (Lipinski definition) is 1. The first-order valence-corrected chi connectivity index (χ1v) is 9.94. The number of nitrogens with one attached hydrogen (secondary N) is 1. The second-order valence-electron chi connectivity index (χ2n) is 7.23. The molecule has 4 amide bonds. The summed E-state index contributed by atoms with van der Waals surface area (Å²) < 4.78 is 20.8. The van der Waals surface area contributed by atoms with Crippen molar-refractivity contribution in [2.75, 3.05) is 11.5 Å². The molecule has 32 heavy (non-hydrogen) atoms. The van der Waals surface area contributed by atoms with E-state index in [9.17, 15) is 18.8 Å². The number of amides is 4. The van der Waals surface area contributed by atoms with Crippen LogP contribution >= 0.6 is 0 Å². The van der Waals surface area contributed by atoms with E-state index in [4.69, 9.17) is 4.74 Å². The van der Waals surface area contributed by atoms with Crippen molar-refractivity contribution >= 4 is 29.6 Å². The van der Waals surface area contributed by atoms with Crippen molar-refractivity contribution in [1.82, 2.24) is 9.88 Å². The van der Waals surface area contributed by atoms with E-state index in [-0.39, 0.29) is 11.3 Å². The van der Waals surface area contributed by atoms with Crippen LogP contribution in [0.1, 0.15) is 11.3 Å². The summed E-state index contributed by atoms with van der Waals surface area (Å²) in [7, 11) is 0. The van der Waals surface area contributed by atoms with Crippen LogP contribution in [0.5, 0.6) is 5.75 Å². The van der Waals surface area contributed by atoms with Crippen molar-refractivity contribution in [2.24, 2.45) is 0 Å². The van der Waals surface area contributed by atoms with Gasteiger partial charge in [-0.25, -0.2) is 14.1 Å². The molecule has 0 spiro atoms. The minimum atomic E-state index is -0.884. The third-order valence-corrected chi connectivity index (χ3v) is 4.93. The SMILES string of the molecule is Cc1cccc(OCCn2cccc2/C=C2\C(=O)NC(=O)N(c3ccc(F)cc3)C2=O)c1. The molecule has 1 saturated heterocycles. The molecule has 3 aromatic rings. The summed E-state index contributed by atoms with van der Waals surface area (Å²) in [6, 6.07) is 15.2. The number of aryl methyl sites for hydroxylation is 1. The molecule has 2 heterocycles. The molecule has 1 aliphatic heterocycles. The molecule has 0 unspecified atom stereocenters. The minimum absolute atomic E-state index is 0.161. The third kappa shape index (κ3) is 4.44. The zero-order valence-corrected chi connectivity index (χ0v) is 17.2. The lowest BCUT2D eigenvalue weighted by molar-refractivity contribution is -0.122. The van der Waals surface area contributed by atoms with Gasteiger partial charge >= 0.3 is 6.03 Å². The summed E-state index contributed by atoms with van der Waals surface area (Å²) in [5, 5.41) is 2.16. The van der Waals surface area contributed by atoms with Crippen LogP contribution in [0, 0.1) is 12.7 Å². The van der Waals surface area contributed by atoms with E-state index in [1.807, 2.05) is 35.8 Å². The Morgan fingerprint density at radius 1 is 1.03 bits per heavy atom. The number of carbonyl (C=O) groups is 3. The molecule has 4 rings (SSSR count). The topological polar surface area (TPSA) is 80.6 Å². The zero-order valence-electron chi connectivity index (χ0n) is 17.2. The molecule has 0 aliphatic carbocycles. The molecule has 0 bridgehead atoms. The summed E-state index contributed by atoms with van der Waals surface area (Å²) in [4.78, 5) is 38.4. The van der Waals surface area contributed by atoms with Crippen molar-refractivity contribution in [3.05, 3.63) is 89.5 Å². The second-order valence-corrected chi connectivity index (χ2v) is 7.23. The van der Waals surface area contributed by atoms with Gasteiger partial charge in [0.1, 0.15) is 23.7 Å². The average Bonchev–Trinajstić information content (AvgIpc) is 3.19. The van der Waals surface area contributed by atoms with E-state index in [0.717, 1.165) is 28.3 Å². The number of anilines is 1. The van der Waals surface area contributed by atoms with E-state index >= 15 is 0 Å². The van der Waals surface area contributed by atoms with Crippen LogP contribution in [0.3, 0.4) is 0 Å². The quantitative estimate of drug-likeness (QED) is 0.475. The zero-order chi connectivity index (χ0) is 22.7. The van der Waals surface area contributed by atoms with Gasteiger partial charge in [0.15, 0.2) is 0 Å². The predicted octanol–water partition coefficient (Wildman–Crippen LogP) is 3.68. The molecular weight excluding hydrogens is 413 g/mol. The van der Waals surface area contributed by atoms with Crippen LogP contribution in [0.25, 0.3) is 6.08 Å². The number of urea groups is 1. The first kappa shape index (κ1) is 21.0. The Kier molecular flexibility index (Phi) is 5.85. The summed E-state index contributed by atoms with van der Waals surface area (Å²) in [5.41, 5.74) is 1.66. The highest BCUT2D eigenvalue weighted by Crippen LogP contribution is 2.22. The molecule has 0 saturated carbocycles. The molecule has 1 aromatic heterocycles. The smallest absolute Gasteiger partial charge is 0.335 e. The van der Waals surface area contributed by atoms with Crippen molar-refractivity contribution in [2.45, 2.75) is 13.5 Å². The minimum Gasteiger partial charge on any atom is -0.492 e. The van der Waals surface area contributed by atoms with E-state index in [1.165, 1.54) is 18.2 Å². The Morgan fingerprint density at radius 2 is 1.81 bits per heavy atom. The Labute approximate surface area is 183 Å². The molecule has 0 atom stereocenters. The van der Waals surface area contributed by atoms with E-state index in [0.29, 0.717) is 18.8 Å². The van der Waals surface area contributed by atoms with Crippen molar-refractivity contribution in [1.29, 1.82) is 0 Å². The lowest BCUT2D eigenvalue weighted by Gasteiger charge is -2.26. The molecule has 1 fully saturated rings. The molecule has 8 heteroatoms. The van der Waals surface area contributed by atoms with Crippen molar-refractivity contribution < 1.29 is 23.5 Å². The maximum Gasteiger partial charge on any atom is 0.335 e. The molecule has 1 N–H and O–H groups in total. The monoisotopic (exact) mass is 433 g/mol. The van der Waals surface area contributed by atoms with Gasteiger partial charge in [0.2, 0.25) is 0 Å². The second kappa shape index (κ2) is 8.89. The van der Waals surface area contributed by atoms with Crippen LogP contribution in [0.2, 0.25) is 0 Å². The number of benzene rings is 2. The lowest BCUT2D eigenvalue weighted by Crippen LogP contribution is -2.54. The maximum absolute atomic E-state index is 13.2. The van der Waals surface area contributed by atoms with Crippen LogP contribution in [0.4, 0.5) is 14.9 Å². The standard InChI is InChI=1S/C24H20FN3O4/c1-16-4-2-6-20(14-16)32-13-12-27-11-3-5-19(27)15-21-22(29)26-24(31)28(23(21)30)18-9-7-17(25)8-10-18/h2-11,14-15H,12-13H2,1H3,(H,26,29,31)/b21-15+. The average molecular weight is 433 g/mol. The number of nitrogens with zero attached hydrogens (tertiary/aromatic N) is 2. The van der Waals surface area contributed by atoms with Crippen LogP contribution in [-0.4, -0.2) is 29.0 Å². The number of ether oxygens (including phenoxy) is 1. The van der Waals surface area contributed by atoms with Gasteiger partial charge in [0.05, 0.1) is 12.2 Å². The van der Waals surface area contributed by atoms with Crippen LogP contribution in [0.15, 0.2) is 72.4 Å². The molecule has 7 nitrogen and oxygen atoms in total. The summed E-state index contributed by atoms with van der Waals surface area (Å²) in [5.74, 6) is -1.32. The fourth-order valence-corrected chi connectivity index (χ4v) is 3.36. The van der Waals surface area contributed by atoms with Gasteiger partial charge < -0.3 is 9.30 Å². The Bertz CT molecular complexity index is 1210. The van der Waals surface area contributed by atoms with Gasteiger partial charge in [0, 0.05) is 11.9 Å². The van der Waals surface area contributed by atoms with Crippen molar-refractivity contribution in [3.63, 3.8) is 0 Å². The van der Waals surface area contributed by atoms with E-state index < -0.39 is 23.7 Å². The third-order valence-electron chi connectivity index (χ3n) is 4.93. The number of imide groups is 2. The Balaban J connectivity index is 1.53. The summed E-state index contributed by atoms with van der Waals surface area (Å²) in [6.45, 7) is 2.85.